The van der Waals surface area contributed by atoms with Gasteiger partial charge in [0, 0.05) is 39.1 Å². The second-order valence-electron chi connectivity index (χ2n) is 12.6. The van der Waals surface area contributed by atoms with Crippen LogP contribution in [-0.2, 0) is 19.2 Å². The molecule has 0 heterocycles. The minimum absolute atomic E-state index is 0.0675. The third-order valence-electron chi connectivity index (χ3n) is 8.39. The van der Waals surface area contributed by atoms with Crippen molar-refractivity contribution in [2.75, 3.05) is 58.9 Å². The predicted molar refractivity (Wildman–Crippen MR) is 184 cm³/mol. The normalized spacial score (nSPS) is 12.8. The van der Waals surface area contributed by atoms with Crippen molar-refractivity contribution in [3.63, 3.8) is 0 Å². The molecule has 0 aliphatic heterocycles. The number of carbonyl (C=O) groups excluding carboxylic acids is 2. The van der Waals surface area contributed by atoms with E-state index >= 15 is 0 Å². The lowest BCUT2D eigenvalue weighted by Crippen LogP contribution is -2.47. The molecule has 0 rings (SSSR count). The van der Waals surface area contributed by atoms with E-state index in [4.69, 9.17) is 7.85 Å². The summed E-state index contributed by atoms with van der Waals surface area (Å²) in [5.74, 6) is -1.50. The molecule has 0 bridgehead atoms. The van der Waals surface area contributed by atoms with Crippen LogP contribution in [0, 0.1) is 5.92 Å². The Morgan fingerprint density at radius 1 is 0.739 bits per heavy atom. The molecule has 4 N–H and O–H groups in total. The molecule has 0 fully saturated rings. The number of nitrogens with one attached hydrogen (secondary N) is 1. The molecule has 0 saturated heterocycles. The van der Waals surface area contributed by atoms with Gasteiger partial charge in [-0.25, -0.2) is 0 Å². The van der Waals surface area contributed by atoms with Gasteiger partial charge in [-0.1, -0.05) is 72.3 Å². The van der Waals surface area contributed by atoms with Crippen molar-refractivity contribution >= 4 is 31.4 Å². The van der Waals surface area contributed by atoms with Gasteiger partial charge >= 0.3 is 11.9 Å². The monoisotopic (exact) mass is 650 g/mol. The van der Waals surface area contributed by atoms with Crippen molar-refractivity contribution < 1.29 is 34.5 Å². The molecule has 264 valence electrons. The number of aliphatic carboxylic acids is 2. The van der Waals surface area contributed by atoms with Crippen molar-refractivity contribution in [3.05, 3.63) is 12.3 Å². The van der Waals surface area contributed by atoms with Crippen LogP contribution >= 0.6 is 0 Å². The van der Waals surface area contributed by atoms with Crippen LogP contribution in [0.25, 0.3) is 0 Å². The van der Waals surface area contributed by atoms with Gasteiger partial charge in [-0.2, -0.15) is 0 Å². The molecule has 1 amide bonds. The number of rotatable bonds is 32. The van der Waals surface area contributed by atoms with Crippen LogP contribution in [0.3, 0.4) is 0 Å². The largest absolute Gasteiger partial charge is 0.512 e. The SMILES string of the molecule is [B]C(=O)CCCCCCCCCCNC(=O)CCC(C(=O)O)N(CCC)CCN(CCN(CCC(C)CC)CC(=C)O)CC(=O)O. The number of unbranched alkanes of at least 4 members (excludes halogenated alkanes) is 7. The Labute approximate surface area is 279 Å². The fourth-order valence-electron chi connectivity index (χ4n) is 5.39. The van der Waals surface area contributed by atoms with Gasteiger partial charge in [-0.15, -0.1) is 0 Å². The van der Waals surface area contributed by atoms with E-state index in [9.17, 15) is 34.5 Å². The Morgan fingerprint density at radius 3 is 1.83 bits per heavy atom. The van der Waals surface area contributed by atoms with E-state index < -0.39 is 18.0 Å². The van der Waals surface area contributed by atoms with Crippen LogP contribution in [0.2, 0.25) is 0 Å². The molecule has 0 aliphatic carbocycles. The Hall–Kier alpha value is -2.44. The minimum Gasteiger partial charge on any atom is -0.512 e. The van der Waals surface area contributed by atoms with Gasteiger partial charge in [0.05, 0.1) is 24.5 Å². The molecule has 0 aliphatic rings. The van der Waals surface area contributed by atoms with Crippen molar-refractivity contribution in [1.29, 1.82) is 0 Å². The van der Waals surface area contributed by atoms with Crippen molar-refractivity contribution in [1.82, 2.24) is 20.0 Å². The van der Waals surface area contributed by atoms with Crippen molar-refractivity contribution in [3.8, 4) is 0 Å². The second kappa shape index (κ2) is 27.7. The summed E-state index contributed by atoms with van der Waals surface area (Å²) in [6, 6.07) is -0.843. The number of nitrogens with zero attached hydrogens (tertiary/aromatic N) is 3. The standard InChI is InChI=1S/C34H63BN4O7/c1-5-20-39(25-24-38(27-33(43)44)23-22-37(26-29(4)40)21-18-28(3)6-2)30(34(45)46)16-17-32(42)36-19-14-12-10-8-7-9-11-13-15-31(35)41/h28,30,40H,4-27H2,1-3H3,(H,36,42)(H,43,44)(H,45,46). The van der Waals surface area contributed by atoms with Crippen LogP contribution in [0.1, 0.15) is 111 Å². The van der Waals surface area contributed by atoms with E-state index in [1.165, 1.54) is 0 Å². The number of aliphatic hydroxyl groups is 1. The van der Waals surface area contributed by atoms with Crippen LogP contribution in [-0.4, -0.2) is 126 Å². The first-order valence-electron chi connectivity index (χ1n) is 17.4. The molecule has 2 radical (unpaired) electrons. The summed E-state index contributed by atoms with van der Waals surface area (Å²) in [4.78, 5) is 52.9. The van der Waals surface area contributed by atoms with Gasteiger partial charge in [-0.3, -0.25) is 29.1 Å². The molecule has 0 saturated carbocycles. The summed E-state index contributed by atoms with van der Waals surface area (Å²) >= 11 is 0. The van der Waals surface area contributed by atoms with Gasteiger partial charge in [0.25, 0.3) is 0 Å². The maximum absolute atomic E-state index is 12.5. The van der Waals surface area contributed by atoms with Gasteiger partial charge in [0.15, 0.2) is 7.85 Å². The molecule has 0 aromatic carbocycles. The van der Waals surface area contributed by atoms with Crippen LogP contribution in [0.4, 0.5) is 0 Å². The highest BCUT2D eigenvalue weighted by molar-refractivity contribution is 6.57. The molecule has 2 unspecified atom stereocenters. The van der Waals surface area contributed by atoms with E-state index in [0.717, 1.165) is 77.2 Å². The zero-order valence-electron chi connectivity index (χ0n) is 29.0. The highest BCUT2D eigenvalue weighted by Crippen LogP contribution is 2.12. The maximum atomic E-state index is 12.5. The second-order valence-corrected chi connectivity index (χ2v) is 12.6. The summed E-state index contributed by atoms with van der Waals surface area (Å²) in [6.07, 6.45) is 11.7. The molecule has 2 atom stereocenters. The van der Waals surface area contributed by atoms with E-state index in [0.29, 0.717) is 58.2 Å². The van der Waals surface area contributed by atoms with Crippen molar-refractivity contribution in [2.45, 2.75) is 117 Å². The zero-order valence-corrected chi connectivity index (χ0v) is 29.0. The van der Waals surface area contributed by atoms with Gasteiger partial charge in [0.1, 0.15) is 6.04 Å². The first-order chi connectivity index (χ1) is 21.9. The molecule has 0 spiro atoms. The van der Waals surface area contributed by atoms with Gasteiger partial charge < -0.3 is 25.4 Å². The zero-order chi connectivity index (χ0) is 34.7. The fourth-order valence-corrected chi connectivity index (χ4v) is 5.39. The highest BCUT2D eigenvalue weighted by atomic mass is 16.4. The number of amides is 1. The Morgan fingerprint density at radius 2 is 1.30 bits per heavy atom. The number of aliphatic hydroxyl groups excluding tert-OH is 1. The van der Waals surface area contributed by atoms with Crippen LogP contribution in [0.15, 0.2) is 12.3 Å². The van der Waals surface area contributed by atoms with Gasteiger partial charge in [-0.05, 0) is 57.5 Å². The fraction of sp³-hybridized carbons (Fsp3) is 0.824. The average Bonchev–Trinajstić information content (AvgIpc) is 2.98. The Balaban J connectivity index is 4.79. The van der Waals surface area contributed by atoms with E-state index in [2.05, 4.69) is 30.6 Å². The lowest BCUT2D eigenvalue weighted by Gasteiger charge is -2.32. The predicted octanol–water partition coefficient (Wildman–Crippen LogP) is 4.45. The Kier molecular flexibility index (Phi) is 26.2. The molecular weight excluding hydrogens is 587 g/mol. The highest BCUT2D eigenvalue weighted by Gasteiger charge is 2.26. The third kappa shape index (κ3) is 24.8. The average molecular weight is 651 g/mol. The lowest BCUT2D eigenvalue weighted by atomic mass is 9.96. The summed E-state index contributed by atoms with van der Waals surface area (Å²) in [6.45, 7) is 13.6. The number of hydrogen-bond acceptors (Lipinski definition) is 8. The maximum Gasteiger partial charge on any atom is 0.320 e. The summed E-state index contributed by atoms with van der Waals surface area (Å²) in [7, 11) is 5.15. The van der Waals surface area contributed by atoms with E-state index in [1.807, 2.05) is 11.8 Å². The molecule has 0 aromatic rings. The molecular formula is C34H63BN4O7. The van der Waals surface area contributed by atoms with Crippen LogP contribution < -0.4 is 5.32 Å². The number of hydrogen-bond donors (Lipinski definition) is 4. The molecule has 0 aromatic heterocycles. The number of carboxylic acid groups (broad SMARTS) is 2. The van der Waals surface area contributed by atoms with Crippen molar-refractivity contribution in [2.24, 2.45) is 5.92 Å². The molecule has 12 heteroatoms. The van der Waals surface area contributed by atoms with Crippen LogP contribution in [0.5, 0.6) is 0 Å². The minimum atomic E-state index is -0.988. The first-order valence-corrected chi connectivity index (χ1v) is 17.4. The molecule has 11 nitrogen and oxygen atoms in total. The van der Waals surface area contributed by atoms with E-state index in [1.54, 1.807) is 4.90 Å². The summed E-state index contributed by atoms with van der Waals surface area (Å²) in [5.41, 5.74) is -0.243. The summed E-state index contributed by atoms with van der Waals surface area (Å²) in [5, 5.41) is 32.2. The molecule has 46 heavy (non-hydrogen) atoms. The Bertz CT molecular complexity index is 876. The smallest absolute Gasteiger partial charge is 0.320 e. The summed E-state index contributed by atoms with van der Waals surface area (Å²) < 4.78 is 0. The van der Waals surface area contributed by atoms with Gasteiger partial charge in [0.2, 0.25) is 5.91 Å². The van der Waals surface area contributed by atoms with E-state index in [-0.39, 0.29) is 36.7 Å². The number of carbonyl (C=O) groups is 4. The topological polar surface area (TPSA) is 151 Å². The number of carboxylic acids is 2. The first kappa shape index (κ1) is 43.6. The lowest BCUT2D eigenvalue weighted by molar-refractivity contribution is -0.144. The third-order valence-corrected chi connectivity index (χ3v) is 8.39. The quantitative estimate of drug-likeness (QED) is 0.0467.